The standard InChI is InChI=1S/C16H27NO2S/c1-5-11-17-16(13(3)20(18)12-6-2)14-7-9-15(19-4)10-8-14/h7-10,13,16-17H,5-6,11-12H2,1-4H3. The highest BCUT2D eigenvalue weighted by Gasteiger charge is 2.23. The van der Waals surface area contributed by atoms with Crippen molar-refractivity contribution in [1.29, 1.82) is 0 Å². The molecule has 0 saturated carbocycles. The van der Waals surface area contributed by atoms with Gasteiger partial charge in [-0.05, 0) is 44.0 Å². The van der Waals surface area contributed by atoms with Crippen molar-refractivity contribution in [2.45, 2.75) is 44.9 Å². The van der Waals surface area contributed by atoms with Crippen molar-refractivity contribution in [3.8, 4) is 5.75 Å². The maximum Gasteiger partial charge on any atom is 0.118 e. The first-order valence-electron chi connectivity index (χ1n) is 7.38. The highest BCUT2D eigenvalue weighted by Crippen LogP contribution is 2.23. The Morgan fingerprint density at radius 2 is 1.85 bits per heavy atom. The molecule has 1 N–H and O–H groups in total. The highest BCUT2D eigenvalue weighted by atomic mass is 32.2. The van der Waals surface area contributed by atoms with Gasteiger partial charge in [0.1, 0.15) is 5.75 Å². The van der Waals surface area contributed by atoms with E-state index >= 15 is 0 Å². The Bertz CT molecular complexity index is 405. The van der Waals surface area contributed by atoms with Gasteiger partial charge in [-0.3, -0.25) is 4.21 Å². The summed E-state index contributed by atoms with van der Waals surface area (Å²) in [6, 6.07) is 8.18. The van der Waals surface area contributed by atoms with E-state index in [4.69, 9.17) is 4.74 Å². The Morgan fingerprint density at radius 1 is 1.20 bits per heavy atom. The van der Waals surface area contributed by atoms with Gasteiger partial charge in [0.25, 0.3) is 0 Å². The molecule has 3 atom stereocenters. The fourth-order valence-corrected chi connectivity index (χ4v) is 3.54. The summed E-state index contributed by atoms with van der Waals surface area (Å²) in [4.78, 5) is 0. The second-order valence-electron chi connectivity index (χ2n) is 4.99. The van der Waals surface area contributed by atoms with Gasteiger partial charge < -0.3 is 10.1 Å². The van der Waals surface area contributed by atoms with E-state index < -0.39 is 10.8 Å². The van der Waals surface area contributed by atoms with Gasteiger partial charge in [0.2, 0.25) is 0 Å². The summed E-state index contributed by atoms with van der Waals surface area (Å²) in [6.07, 6.45) is 2.03. The number of hydrogen-bond acceptors (Lipinski definition) is 3. The highest BCUT2D eigenvalue weighted by molar-refractivity contribution is 7.85. The fourth-order valence-electron chi connectivity index (χ4n) is 2.20. The normalized spacial score (nSPS) is 15.6. The molecule has 3 nitrogen and oxygen atoms in total. The summed E-state index contributed by atoms with van der Waals surface area (Å²) < 4.78 is 17.5. The number of hydrogen-bond donors (Lipinski definition) is 1. The monoisotopic (exact) mass is 297 g/mol. The molecule has 0 radical (unpaired) electrons. The third kappa shape index (κ3) is 4.91. The lowest BCUT2D eigenvalue weighted by Crippen LogP contribution is -2.34. The molecule has 0 spiro atoms. The van der Waals surface area contributed by atoms with Gasteiger partial charge in [0.05, 0.1) is 12.4 Å². The minimum absolute atomic E-state index is 0.106. The van der Waals surface area contributed by atoms with Gasteiger partial charge in [-0.25, -0.2) is 0 Å². The molecule has 1 rings (SSSR count). The third-order valence-corrected chi connectivity index (χ3v) is 5.29. The van der Waals surface area contributed by atoms with E-state index in [-0.39, 0.29) is 11.3 Å². The van der Waals surface area contributed by atoms with E-state index in [9.17, 15) is 4.21 Å². The van der Waals surface area contributed by atoms with Crippen LogP contribution in [-0.2, 0) is 10.8 Å². The van der Waals surface area contributed by atoms with E-state index in [1.54, 1.807) is 7.11 Å². The van der Waals surface area contributed by atoms with Crippen LogP contribution in [0.4, 0.5) is 0 Å². The Kier molecular flexibility index (Phi) is 7.85. The lowest BCUT2D eigenvalue weighted by Gasteiger charge is -2.25. The molecule has 20 heavy (non-hydrogen) atoms. The van der Waals surface area contributed by atoms with Gasteiger partial charge in [-0.15, -0.1) is 0 Å². The Labute approximate surface area is 125 Å². The van der Waals surface area contributed by atoms with Crippen LogP contribution < -0.4 is 10.1 Å². The number of benzene rings is 1. The molecule has 4 heteroatoms. The average molecular weight is 297 g/mol. The van der Waals surface area contributed by atoms with E-state index in [0.29, 0.717) is 0 Å². The molecule has 0 heterocycles. The molecule has 1 aromatic carbocycles. The largest absolute Gasteiger partial charge is 0.497 e. The van der Waals surface area contributed by atoms with E-state index in [1.807, 2.05) is 12.1 Å². The molecule has 0 aromatic heterocycles. The molecule has 114 valence electrons. The van der Waals surface area contributed by atoms with E-state index in [2.05, 4.69) is 38.2 Å². The van der Waals surface area contributed by atoms with Gasteiger partial charge in [-0.1, -0.05) is 26.0 Å². The predicted molar refractivity (Wildman–Crippen MR) is 86.8 cm³/mol. The average Bonchev–Trinajstić information content (AvgIpc) is 2.48. The first kappa shape index (κ1) is 17.2. The fraction of sp³-hybridized carbons (Fsp3) is 0.625. The van der Waals surface area contributed by atoms with Crippen LogP contribution in [0.1, 0.15) is 45.2 Å². The van der Waals surface area contributed by atoms with Crippen molar-refractivity contribution in [2.24, 2.45) is 0 Å². The van der Waals surface area contributed by atoms with E-state index in [1.165, 1.54) is 5.56 Å². The minimum Gasteiger partial charge on any atom is -0.497 e. The SMILES string of the molecule is CCCNC(c1ccc(OC)cc1)C(C)S(=O)CCC. The van der Waals surface area contributed by atoms with Crippen LogP contribution in [0.5, 0.6) is 5.75 Å². The van der Waals surface area contributed by atoms with Crippen molar-refractivity contribution in [2.75, 3.05) is 19.4 Å². The molecule has 0 aliphatic heterocycles. The molecule has 1 aromatic rings. The van der Waals surface area contributed by atoms with Crippen molar-refractivity contribution in [3.63, 3.8) is 0 Å². The number of rotatable bonds is 9. The van der Waals surface area contributed by atoms with Gasteiger partial charge in [-0.2, -0.15) is 0 Å². The van der Waals surface area contributed by atoms with Crippen molar-refractivity contribution in [3.05, 3.63) is 29.8 Å². The molecule has 3 unspecified atom stereocenters. The predicted octanol–water partition coefficient (Wildman–Crippen LogP) is 3.28. The smallest absolute Gasteiger partial charge is 0.118 e. The molecule has 0 aliphatic rings. The maximum atomic E-state index is 12.3. The molecule has 0 amide bonds. The molecule has 0 fully saturated rings. The van der Waals surface area contributed by atoms with E-state index in [0.717, 1.165) is 30.9 Å². The molecule has 0 bridgehead atoms. The molecule has 0 aliphatic carbocycles. The Morgan fingerprint density at radius 3 is 2.35 bits per heavy atom. The lowest BCUT2D eigenvalue weighted by atomic mass is 10.0. The lowest BCUT2D eigenvalue weighted by molar-refractivity contribution is 0.414. The van der Waals surface area contributed by atoms with Crippen LogP contribution in [0.3, 0.4) is 0 Å². The van der Waals surface area contributed by atoms with Crippen LogP contribution in [0, 0.1) is 0 Å². The molecule has 0 saturated heterocycles. The van der Waals surface area contributed by atoms with Gasteiger partial charge in [0.15, 0.2) is 0 Å². The van der Waals surface area contributed by atoms with Crippen LogP contribution in [-0.4, -0.2) is 28.9 Å². The third-order valence-electron chi connectivity index (χ3n) is 3.38. The topological polar surface area (TPSA) is 38.3 Å². The molecular weight excluding hydrogens is 270 g/mol. The Hall–Kier alpha value is -0.870. The van der Waals surface area contributed by atoms with Crippen LogP contribution >= 0.6 is 0 Å². The summed E-state index contributed by atoms with van der Waals surface area (Å²) in [5, 5.41) is 3.63. The second kappa shape index (κ2) is 9.14. The van der Waals surface area contributed by atoms with Gasteiger partial charge in [0, 0.05) is 22.6 Å². The molecular formula is C16H27NO2S. The van der Waals surface area contributed by atoms with Crippen LogP contribution in [0.25, 0.3) is 0 Å². The number of nitrogens with one attached hydrogen (secondary N) is 1. The summed E-state index contributed by atoms with van der Waals surface area (Å²) in [7, 11) is 0.868. The van der Waals surface area contributed by atoms with Gasteiger partial charge >= 0.3 is 0 Å². The van der Waals surface area contributed by atoms with Crippen molar-refractivity contribution >= 4 is 10.8 Å². The zero-order valence-electron chi connectivity index (χ0n) is 13.0. The zero-order chi connectivity index (χ0) is 15.0. The van der Waals surface area contributed by atoms with Crippen molar-refractivity contribution < 1.29 is 8.95 Å². The second-order valence-corrected chi connectivity index (χ2v) is 6.91. The first-order valence-corrected chi connectivity index (χ1v) is 8.76. The Balaban J connectivity index is 2.88. The summed E-state index contributed by atoms with van der Waals surface area (Å²) in [5.41, 5.74) is 1.18. The number of ether oxygens (including phenoxy) is 1. The minimum atomic E-state index is -0.800. The quantitative estimate of drug-likeness (QED) is 0.760. The summed E-state index contributed by atoms with van der Waals surface area (Å²) >= 11 is 0. The maximum absolute atomic E-state index is 12.3. The summed E-state index contributed by atoms with van der Waals surface area (Å²) in [6.45, 7) is 7.23. The van der Waals surface area contributed by atoms with Crippen LogP contribution in [0.2, 0.25) is 0 Å². The zero-order valence-corrected chi connectivity index (χ0v) is 13.8. The number of methoxy groups -OCH3 is 1. The first-order chi connectivity index (χ1) is 9.63. The van der Waals surface area contributed by atoms with Crippen LogP contribution in [0.15, 0.2) is 24.3 Å². The summed E-state index contributed by atoms with van der Waals surface area (Å²) in [5.74, 6) is 1.62. The van der Waals surface area contributed by atoms with Crippen molar-refractivity contribution in [1.82, 2.24) is 5.32 Å².